The van der Waals surface area contributed by atoms with Gasteiger partial charge in [-0.25, -0.2) is 0 Å². The van der Waals surface area contributed by atoms with E-state index in [1.165, 1.54) is 0 Å². The molecule has 0 saturated carbocycles. The molecule has 1 unspecified atom stereocenters. The van der Waals surface area contributed by atoms with Crippen molar-refractivity contribution in [2.75, 3.05) is 31.6 Å². The van der Waals surface area contributed by atoms with E-state index in [-0.39, 0.29) is 12.6 Å². The lowest BCUT2D eigenvalue weighted by Crippen LogP contribution is -2.44. The fourth-order valence-corrected chi connectivity index (χ4v) is 2.75. The van der Waals surface area contributed by atoms with Gasteiger partial charge in [0.25, 0.3) is 11.9 Å². The highest BCUT2D eigenvalue weighted by atomic mass is 19.2. The van der Waals surface area contributed by atoms with Gasteiger partial charge in [0.15, 0.2) is 0 Å². The van der Waals surface area contributed by atoms with E-state index in [1.54, 1.807) is 0 Å². The van der Waals surface area contributed by atoms with Crippen LogP contribution in [0.2, 0.25) is 0 Å². The number of hydrogen-bond donors (Lipinski definition) is 1. The van der Waals surface area contributed by atoms with Crippen molar-refractivity contribution in [1.82, 2.24) is 9.88 Å². The van der Waals surface area contributed by atoms with Crippen LogP contribution in [0, 0.1) is 23.5 Å². The average molecular weight is 355 g/mol. The molecule has 134 valence electrons. The summed E-state index contributed by atoms with van der Waals surface area (Å²) in [5.74, 6) is -6.46. The summed E-state index contributed by atoms with van der Waals surface area (Å²) in [5, 5.41) is 2.40. The van der Waals surface area contributed by atoms with Crippen LogP contribution < -0.4 is 5.32 Å². The molecule has 0 spiro atoms. The van der Waals surface area contributed by atoms with Gasteiger partial charge in [0, 0.05) is 26.2 Å². The van der Waals surface area contributed by atoms with Crippen LogP contribution in [0.15, 0.2) is 30.3 Å². The fourth-order valence-electron chi connectivity index (χ4n) is 2.75. The van der Waals surface area contributed by atoms with Crippen LogP contribution in [-0.2, 0) is 11.3 Å². The molecule has 1 saturated heterocycles. The molecule has 1 aliphatic rings. The monoisotopic (exact) mass is 355 g/mol. The van der Waals surface area contributed by atoms with Gasteiger partial charge in [0.1, 0.15) is 5.69 Å². The molecule has 1 aromatic carbocycles. The predicted molar refractivity (Wildman–Crippen MR) is 84.0 cm³/mol. The quantitative estimate of drug-likeness (QED) is 0.661. The van der Waals surface area contributed by atoms with Gasteiger partial charge >= 0.3 is 0 Å². The molecular formula is C17H17F4N3O. The number of hydrogen-bond acceptors (Lipinski definition) is 4. The molecule has 0 radical (unpaired) electrons. The van der Waals surface area contributed by atoms with Crippen LogP contribution in [0.4, 0.5) is 23.2 Å². The summed E-state index contributed by atoms with van der Waals surface area (Å²) in [4.78, 5) is 4.67. The van der Waals surface area contributed by atoms with Crippen molar-refractivity contribution in [1.29, 1.82) is 0 Å². The van der Waals surface area contributed by atoms with Crippen molar-refractivity contribution in [2.24, 2.45) is 0 Å². The first-order chi connectivity index (χ1) is 12.0. The minimum absolute atomic E-state index is 0.0159. The summed E-state index contributed by atoms with van der Waals surface area (Å²) in [7, 11) is 0. The van der Waals surface area contributed by atoms with Crippen molar-refractivity contribution in [3.05, 3.63) is 59.4 Å². The molecule has 2 heterocycles. The van der Waals surface area contributed by atoms with Gasteiger partial charge in [-0.2, -0.15) is 22.5 Å². The van der Waals surface area contributed by atoms with Gasteiger partial charge in [0.2, 0.25) is 11.6 Å². The van der Waals surface area contributed by atoms with Crippen molar-refractivity contribution in [3.8, 4) is 0 Å². The highest BCUT2D eigenvalue weighted by Crippen LogP contribution is 2.22. The van der Waals surface area contributed by atoms with E-state index in [2.05, 4.69) is 15.2 Å². The molecule has 1 N–H and O–H groups in total. The van der Waals surface area contributed by atoms with Crippen molar-refractivity contribution >= 4 is 5.69 Å². The molecule has 1 aliphatic heterocycles. The molecule has 25 heavy (non-hydrogen) atoms. The van der Waals surface area contributed by atoms with E-state index >= 15 is 0 Å². The van der Waals surface area contributed by atoms with Crippen LogP contribution in [0.25, 0.3) is 0 Å². The minimum Gasteiger partial charge on any atom is -0.377 e. The van der Waals surface area contributed by atoms with Crippen LogP contribution in [0.1, 0.15) is 5.56 Å². The zero-order chi connectivity index (χ0) is 17.8. The Morgan fingerprint density at radius 2 is 1.76 bits per heavy atom. The topological polar surface area (TPSA) is 37.4 Å². The number of aromatic nitrogens is 1. The lowest BCUT2D eigenvalue weighted by Gasteiger charge is -2.33. The van der Waals surface area contributed by atoms with E-state index in [0.29, 0.717) is 13.2 Å². The fraction of sp³-hybridized carbons (Fsp3) is 0.353. The smallest absolute Gasteiger partial charge is 0.253 e. The molecule has 8 heteroatoms. The summed E-state index contributed by atoms with van der Waals surface area (Å²) in [6, 6.07) is 9.86. The molecule has 0 amide bonds. The van der Waals surface area contributed by atoms with Gasteiger partial charge in [-0.05, 0) is 5.56 Å². The summed E-state index contributed by atoms with van der Waals surface area (Å²) < 4.78 is 59.0. The third-order valence-corrected chi connectivity index (χ3v) is 3.98. The van der Waals surface area contributed by atoms with Gasteiger partial charge < -0.3 is 10.1 Å². The predicted octanol–water partition coefficient (Wildman–Crippen LogP) is 2.95. The molecule has 3 rings (SSSR count). The number of rotatable bonds is 5. The first kappa shape index (κ1) is 17.6. The molecule has 1 atom stereocenters. The second-order valence-electron chi connectivity index (χ2n) is 5.79. The number of morpholine rings is 1. The first-order valence-electron chi connectivity index (χ1n) is 7.86. The molecule has 1 fully saturated rings. The molecular weight excluding hydrogens is 338 g/mol. The summed E-state index contributed by atoms with van der Waals surface area (Å²) in [6.45, 7) is 2.46. The molecule has 4 nitrogen and oxygen atoms in total. The highest BCUT2D eigenvalue weighted by molar-refractivity contribution is 5.45. The van der Waals surface area contributed by atoms with Gasteiger partial charge in [0.05, 0.1) is 12.7 Å². The van der Waals surface area contributed by atoms with Crippen LogP contribution in [0.5, 0.6) is 0 Å². The van der Waals surface area contributed by atoms with Gasteiger partial charge in [-0.1, -0.05) is 30.3 Å². The lowest BCUT2D eigenvalue weighted by atomic mass is 10.2. The SMILES string of the molecule is Fc1nc(F)c(F)c(NCC2CN(Cc3ccccc3)CCO2)c1F. The van der Waals surface area contributed by atoms with E-state index in [9.17, 15) is 17.6 Å². The molecule has 0 aliphatic carbocycles. The third kappa shape index (κ3) is 4.26. The Balaban J connectivity index is 1.60. The Morgan fingerprint density at radius 1 is 1.08 bits per heavy atom. The van der Waals surface area contributed by atoms with E-state index in [1.807, 2.05) is 30.3 Å². The Kier molecular flexibility index (Phi) is 5.50. The summed E-state index contributed by atoms with van der Waals surface area (Å²) in [6.07, 6.45) is -0.365. The number of nitrogens with zero attached hydrogens (tertiary/aromatic N) is 2. The van der Waals surface area contributed by atoms with Crippen LogP contribution in [0.3, 0.4) is 0 Å². The zero-order valence-electron chi connectivity index (χ0n) is 13.3. The average Bonchev–Trinajstić information content (AvgIpc) is 2.61. The standard InChI is InChI=1S/C17H17F4N3O/c18-13-15(14(19)17(21)23-16(13)20)22-8-12-10-24(6-7-25-12)9-11-4-2-1-3-5-11/h1-5,12H,6-10H2,(H,22,23). The maximum atomic E-state index is 13.6. The number of anilines is 1. The molecule has 1 aromatic heterocycles. The highest BCUT2D eigenvalue weighted by Gasteiger charge is 2.24. The van der Waals surface area contributed by atoms with Gasteiger partial charge in [-0.15, -0.1) is 0 Å². The number of ether oxygens (including phenoxy) is 1. The Labute approximate surface area is 142 Å². The second kappa shape index (κ2) is 7.79. The maximum absolute atomic E-state index is 13.6. The normalized spacial score (nSPS) is 18.3. The molecule has 0 bridgehead atoms. The van der Waals surface area contributed by atoms with E-state index in [0.717, 1.165) is 18.7 Å². The maximum Gasteiger partial charge on any atom is 0.253 e. The molecule has 2 aromatic rings. The van der Waals surface area contributed by atoms with Crippen molar-refractivity contribution in [2.45, 2.75) is 12.6 Å². The first-order valence-corrected chi connectivity index (χ1v) is 7.86. The van der Waals surface area contributed by atoms with Crippen molar-refractivity contribution < 1.29 is 22.3 Å². The number of pyridine rings is 1. The number of halogens is 4. The van der Waals surface area contributed by atoms with Crippen LogP contribution >= 0.6 is 0 Å². The van der Waals surface area contributed by atoms with E-state index in [4.69, 9.17) is 4.74 Å². The Hall–Kier alpha value is -2.19. The summed E-state index contributed by atoms with van der Waals surface area (Å²) >= 11 is 0. The van der Waals surface area contributed by atoms with E-state index < -0.39 is 29.2 Å². The van der Waals surface area contributed by atoms with Crippen molar-refractivity contribution in [3.63, 3.8) is 0 Å². The summed E-state index contributed by atoms with van der Waals surface area (Å²) in [5.41, 5.74) is 0.278. The minimum atomic E-state index is -1.68. The number of benzene rings is 1. The van der Waals surface area contributed by atoms with Gasteiger partial charge in [-0.3, -0.25) is 4.90 Å². The zero-order valence-corrected chi connectivity index (χ0v) is 13.3. The third-order valence-electron chi connectivity index (χ3n) is 3.98. The Morgan fingerprint density at radius 3 is 2.44 bits per heavy atom. The number of nitrogens with one attached hydrogen (secondary N) is 1. The van der Waals surface area contributed by atoms with Crippen LogP contribution in [-0.4, -0.2) is 42.2 Å². The largest absolute Gasteiger partial charge is 0.377 e. The lowest BCUT2D eigenvalue weighted by molar-refractivity contribution is -0.0241. The Bertz CT molecular complexity index is 703. The second-order valence-corrected chi connectivity index (χ2v) is 5.79.